The van der Waals surface area contributed by atoms with Crippen molar-refractivity contribution in [2.24, 2.45) is 0 Å². The first-order valence-electron chi connectivity index (χ1n) is 10.8. The number of ether oxygens (including phenoxy) is 1. The molecule has 0 amide bonds. The molecule has 0 aliphatic rings. The number of hydrogen-bond acceptors (Lipinski definition) is 5. The molecule has 7 heteroatoms. The van der Waals surface area contributed by atoms with Crippen molar-refractivity contribution in [3.8, 4) is 5.75 Å². The summed E-state index contributed by atoms with van der Waals surface area (Å²) in [7, 11) is -4.27. The van der Waals surface area contributed by atoms with Gasteiger partial charge in [0.1, 0.15) is 27.2 Å². The van der Waals surface area contributed by atoms with Crippen molar-refractivity contribution in [1.82, 2.24) is 0 Å². The second kappa shape index (κ2) is 10.3. The van der Waals surface area contributed by atoms with E-state index in [1.54, 1.807) is 12.1 Å². The van der Waals surface area contributed by atoms with Crippen LogP contribution in [0.3, 0.4) is 0 Å². The molecule has 0 spiro atoms. The summed E-state index contributed by atoms with van der Waals surface area (Å²) < 4.78 is 40.9. The van der Waals surface area contributed by atoms with Crippen LogP contribution in [-0.2, 0) is 16.7 Å². The Labute approximate surface area is 203 Å². The molecule has 34 heavy (non-hydrogen) atoms. The van der Waals surface area contributed by atoms with Crippen LogP contribution in [0.5, 0.6) is 5.75 Å². The molecule has 0 saturated carbocycles. The van der Waals surface area contributed by atoms with Crippen LogP contribution in [0.2, 0.25) is 0 Å². The van der Waals surface area contributed by atoms with Crippen LogP contribution in [0, 0.1) is 13.8 Å². The number of aromatic nitrogens is 1. The zero-order valence-corrected chi connectivity index (χ0v) is 20.6. The third kappa shape index (κ3) is 5.62. The van der Waals surface area contributed by atoms with E-state index in [4.69, 9.17) is 4.74 Å². The van der Waals surface area contributed by atoms with E-state index < -0.39 is 10.1 Å². The Bertz CT molecular complexity index is 1520. The summed E-state index contributed by atoms with van der Waals surface area (Å²) in [6.45, 7) is 5.52. The summed E-state index contributed by atoms with van der Waals surface area (Å²) in [6.07, 6.45) is 0. The van der Waals surface area contributed by atoms with Gasteiger partial charge in [0.2, 0.25) is 10.5 Å². The molecule has 174 valence electrons. The first kappa shape index (κ1) is 23.9. The fourth-order valence-electron chi connectivity index (χ4n) is 3.70. The fraction of sp³-hybridized carbons (Fsp3) is 0.148. The summed E-state index contributed by atoms with van der Waals surface area (Å²) in [5.41, 5.74) is 2.22. The summed E-state index contributed by atoms with van der Waals surface area (Å²) in [5.74, 6) is 0.959. The highest BCUT2D eigenvalue weighted by Gasteiger charge is 2.16. The van der Waals surface area contributed by atoms with Crippen molar-refractivity contribution >= 4 is 42.4 Å². The topological polar surface area (TPSA) is 70.3 Å². The lowest BCUT2D eigenvalue weighted by Crippen LogP contribution is -2.37. The molecule has 5 nitrogen and oxygen atoms in total. The quantitative estimate of drug-likeness (QED) is 0.236. The van der Waals surface area contributed by atoms with Gasteiger partial charge >= 0.3 is 0 Å². The van der Waals surface area contributed by atoms with Gasteiger partial charge in [0.15, 0.2) is 6.54 Å². The molecule has 0 aliphatic carbocycles. The number of rotatable bonds is 5. The van der Waals surface area contributed by atoms with E-state index in [1.807, 2.05) is 24.3 Å². The summed E-state index contributed by atoms with van der Waals surface area (Å²) >= 11 is 1.83. The third-order valence-corrected chi connectivity index (χ3v) is 7.36. The largest absolute Gasteiger partial charge is 0.744 e. The van der Waals surface area contributed by atoms with E-state index in [9.17, 15) is 13.0 Å². The summed E-state index contributed by atoms with van der Waals surface area (Å²) in [6, 6.07) is 28.9. The molecule has 0 atom stereocenters. The van der Waals surface area contributed by atoms with E-state index >= 15 is 0 Å². The van der Waals surface area contributed by atoms with Crippen LogP contribution in [-0.4, -0.2) is 19.6 Å². The zero-order valence-electron chi connectivity index (χ0n) is 19.0. The summed E-state index contributed by atoms with van der Waals surface area (Å²) in [4.78, 5) is -0.178. The highest BCUT2D eigenvalue weighted by Crippen LogP contribution is 2.25. The smallest absolute Gasteiger partial charge is 0.235 e. The van der Waals surface area contributed by atoms with E-state index in [1.165, 1.54) is 38.1 Å². The monoisotopic (exact) mass is 491 g/mol. The Morgan fingerprint density at radius 2 is 1.53 bits per heavy atom. The highest BCUT2D eigenvalue weighted by atomic mass is 32.2. The normalized spacial score (nSPS) is 11.3. The van der Waals surface area contributed by atoms with Crippen LogP contribution in [0.15, 0.2) is 95.9 Å². The van der Waals surface area contributed by atoms with Gasteiger partial charge in [-0.1, -0.05) is 77.6 Å². The van der Waals surface area contributed by atoms with Gasteiger partial charge in [-0.2, -0.15) is 4.57 Å². The number of benzene rings is 4. The molecule has 0 N–H and O–H groups in total. The zero-order chi connectivity index (χ0) is 24.1. The molecule has 4 aromatic carbocycles. The highest BCUT2D eigenvalue weighted by molar-refractivity contribution is 7.85. The van der Waals surface area contributed by atoms with Crippen LogP contribution < -0.4 is 9.30 Å². The molecule has 0 unspecified atom stereocenters. The number of fused-ring (bicyclic) bond motifs is 2. The van der Waals surface area contributed by atoms with Gasteiger partial charge in [0.25, 0.3) is 0 Å². The molecule has 1 heterocycles. The van der Waals surface area contributed by atoms with E-state index in [-0.39, 0.29) is 4.90 Å². The Morgan fingerprint density at radius 1 is 0.853 bits per heavy atom. The lowest BCUT2D eigenvalue weighted by atomic mass is 10.1. The van der Waals surface area contributed by atoms with Crippen molar-refractivity contribution in [2.75, 3.05) is 6.61 Å². The number of nitrogens with zero attached hydrogens (tertiary/aromatic N) is 1. The van der Waals surface area contributed by atoms with Gasteiger partial charge in [0.05, 0.1) is 4.90 Å². The maximum absolute atomic E-state index is 10.4. The second-order valence-corrected chi connectivity index (χ2v) is 10.4. The first-order chi connectivity index (χ1) is 16.3. The minimum absolute atomic E-state index is 0.178. The molecule has 5 aromatic rings. The SMILES string of the molecule is Cc1ccc(S(=O)(=O)[O-])cc1.Cc1sc2ccccc2[n+]1CCOc1cccc2ccccc12. The van der Waals surface area contributed by atoms with Gasteiger partial charge in [-0.05, 0) is 36.6 Å². The van der Waals surface area contributed by atoms with Crippen LogP contribution in [0.4, 0.5) is 0 Å². The minimum Gasteiger partial charge on any atom is -0.744 e. The standard InChI is InChI=1S/C20H18NOS.C7H8O3S/c1-15-21(18-10-4-5-12-20(18)23-15)13-14-22-19-11-6-8-16-7-2-3-9-17(16)19;1-6-2-4-7(5-3-6)11(8,9)10/h2-12H,13-14H2,1H3;2-5H,1H3,(H,8,9,10)/q+1;/p-1. The van der Waals surface area contributed by atoms with Crippen molar-refractivity contribution in [2.45, 2.75) is 25.3 Å². The van der Waals surface area contributed by atoms with Gasteiger partial charge < -0.3 is 9.29 Å². The van der Waals surface area contributed by atoms with E-state index in [2.05, 4.69) is 72.2 Å². The molecule has 0 radical (unpaired) electrons. The van der Waals surface area contributed by atoms with Crippen molar-refractivity contribution in [1.29, 1.82) is 0 Å². The van der Waals surface area contributed by atoms with E-state index in [0.29, 0.717) is 6.61 Å². The van der Waals surface area contributed by atoms with Crippen LogP contribution in [0.1, 0.15) is 10.6 Å². The molecule has 1 aromatic heterocycles. The van der Waals surface area contributed by atoms with Crippen molar-refractivity contribution in [3.05, 3.63) is 102 Å². The number of thiazole rings is 1. The summed E-state index contributed by atoms with van der Waals surface area (Å²) in [5, 5.41) is 3.70. The van der Waals surface area contributed by atoms with Crippen LogP contribution >= 0.6 is 11.3 Å². The molecule has 0 bridgehead atoms. The number of aryl methyl sites for hydroxylation is 2. The average molecular weight is 492 g/mol. The second-order valence-electron chi connectivity index (χ2n) is 7.83. The van der Waals surface area contributed by atoms with Gasteiger partial charge in [0, 0.05) is 18.4 Å². The Morgan fingerprint density at radius 3 is 2.29 bits per heavy atom. The maximum atomic E-state index is 10.4. The molecular weight excluding hydrogens is 466 g/mol. The first-order valence-corrected chi connectivity index (χ1v) is 13.1. The lowest BCUT2D eigenvalue weighted by molar-refractivity contribution is -0.673. The fourth-order valence-corrected chi connectivity index (χ4v) is 5.22. The van der Waals surface area contributed by atoms with Crippen molar-refractivity contribution in [3.63, 3.8) is 0 Å². The van der Waals surface area contributed by atoms with Gasteiger partial charge in [-0.25, -0.2) is 8.42 Å². The minimum atomic E-state index is -4.27. The van der Waals surface area contributed by atoms with E-state index in [0.717, 1.165) is 17.9 Å². The molecule has 5 rings (SSSR count). The van der Waals surface area contributed by atoms with Gasteiger partial charge in [-0.15, -0.1) is 0 Å². The van der Waals surface area contributed by atoms with Crippen molar-refractivity contribution < 1.29 is 22.3 Å². The Hall–Kier alpha value is -3.26. The van der Waals surface area contributed by atoms with Crippen LogP contribution in [0.25, 0.3) is 21.0 Å². The Kier molecular flexibility index (Phi) is 7.26. The molecule has 0 aliphatic heterocycles. The number of para-hydroxylation sites is 1. The van der Waals surface area contributed by atoms with Gasteiger partial charge in [-0.3, -0.25) is 0 Å². The molecule has 0 fully saturated rings. The molecule has 0 saturated heterocycles. The maximum Gasteiger partial charge on any atom is 0.235 e. The predicted octanol–water partition coefficient (Wildman–Crippen LogP) is 5.63. The lowest BCUT2D eigenvalue weighted by Gasteiger charge is -2.07. The number of hydrogen-bond donors (Lipinski definition) is 0. The third-order valence-electron chi connectivity index (χ3n) is 5.43. The average Bonchev–Trinajstić information content (AvgIpc) is 3.14. The predicted molar refractivity (Wildman–Crippen MR) is 135 cm³/mol. The Balaban J connectivity index is 0.000000210. The molecular formula is C27H25NO4S2.